The second-order valence-corrected chi connectivity index (χ2v) is 5.80. The maximum Gasteiger partial charge on any atom is 0.220 e. The maximum absolute atomic E-state index is 5.83. The van der Waals surface area contributed by atoms with Crippen molar-refractivity contribution >= 4 is 28.9 Å². The summed E-state index contributed by atoms with van der Waals surface area (Å²) < 4.78 is 5.83. The molecule has 0 atom stereocenters. The molecule has 1 heterocycles. The summed E-state index contributed by atoms with van der Waals surface area (Å²) in [6.07, 6.45) is 3.94. The van der Waals surface area contributed by atoms with Crippen LogP contribution in [0, 0.1) is 13.8 Å². The molecule has 0 spiro atoms. The fourth-order valence-corrected chi connectivity index (χ4v) is 2.52. The minimum atomic E-state index is 0.639. The van der Waals surface area contributed by atoms with E-state index in [0.29, 0.717) is 5.89 Å². The van der Waals surface area contributed by atoms with Crippen LogP contribution in [0.15, 0.2) is 40.8 Å². The zero-order valence-corrected chi connectivity index (χ0v) is 13.4. The normalized spacial score (nSPS) is 11.5. The number of benzene rings is 2. The lowest BCUT2D eigenvalue weighted by atomic mass is 10.1. The molecule has 0 amide bonds. The van der Waals surface area contributed by atoms with E-state index in [1.54, 1.807) is 0 Å². The molecule has 0 fully saturated rings. The fourth-order valence-electron chi connectivity index (χ4n) is 2.52. The Morgan fingerprint density at radius 3 is 2.41 bits per heavy atom. The molecule has 112 valence electrons. The lowest BCUT2D eigenvalue weighted by Gasteiger charge is -2.11. The number of fused-ring (bicyclic) bond motifs is 1. The van der Waals surface area contributed by atoms with Gasteiger partial charge in [0.25, 0.3) is 0 Å². The minimum absolute atomic E-state index is 0.639. The Morgan fingerprint density at radius 2 is 1.73 bits per heavy atom. The highest BCUT2D eigenvalue weighted by Crippen LogP contribution is 2.22. The third-order valence-corrected chi connectivity index (χ3v) is 3.66. The fraction of sp³-hybridized carbons (Fsp3) is 0.211. The van der Waals surface area contributed by atoms with Gasteiger partial charge in [-0.25, -0.2) is 4.98 Å². The van der Waals surface area contributed by atoms with Gasteiger partial charge in [0.1, 0.15) is 5.52 Å². The first kappa shape index (κ1) is 14.4. The van der Waals surface area contributed by atoms with Gasteiger partial charge in [0.05, 0.1) is 0 Å². The SMILES string of the molecule is Cc1cc(C)c2oc(C=Cc3ccc(N(C)C)cc3)nc2c1. The molecule has 0 saturated heterocycles. The Kier molecular flexibility index (Phi) is 3.72. The number of aryl methyl sites for hydroxylation is 2. The molecule has 0 aliphatic rings. The number of hydrogen-bond acceptors (Lipinski definition) is 3. The predicted molar refractivity (Wildman–Crippen MR) is 93.2 cm³/mol. The summed E-state index contributed by atoms with van der Waals surface area (Å²) in [6.45, 7) is 4.12. The Hall–Kier alpha value is -2.55. The van der Waals surface area contributed by atoms with Gasteiger partial charge in [-0.05, 0) is 54.8 Å². The van der Waals surface area contributed by atoms with Crippen LogP contribution in [0.1, 0.15) is 22.6 Å². The zero-order chi connectivity index (χ0) is 15.7. The summed E-state index contributed by atoms with van der Waals surface area (Å²) >= 11 is 0. The van der Waals surface area contributed by atoms with Crippen LogP contribution in [0.3, 0.4) is 0 Å². The van der Waals surface area contributed by atoms with Crippen molar-refractivity contribution in [2.75, 3.05) is 19.0 Å². The molecule has 0 radical (unpaired) electrons. The van der Waals surface area contributed by atoms with E-state index in [4.69, 9.17) is 4.42 Å². The summed E-state index contributed by atoms with van der Waals surface area (Å²) in [5.41, 5.74) is 6.42. The van der Waals surface area contributed by atoms with E-state index < -0.39 is 0 Å². The van der Waals surface area contributed by atoms with Crippen molar-refractivity contribution in [2.24, 2.45) is 0 Å². The first-order chi connectivity index (χ1) is 10.5. The molecule has 0 saturated carbocycles. The monoisotopic (exact) mass is 292 g/mol. The molecule has 3 rings (SSSR count). The van der Waals surface area contributed by atoms with Crippen LogP contribution >= 0.6 is 0 Å². The van der Waals surface area contributed by atoms with E-state index in [2.05, 4.69) is 53.2 Å². The lowest BCUT2D eigenvalue weighted by molar-refractivity contribution is 0.587. The van der Waals surface area contributed by atoms with Crippen LogP contribution in [0.4, 0.5) is 5.69 Å². The molecule has 0 bridgehead atoms. The maximum atomic E-state index is 5.83. The van der Waals surface area contributed by atoms with E-state index in [0.717, 1.165) is 22.2 Å². The van der Waals surface area contributed by atoms with Crippen molar-refractivity contribution in [1.82, 2.24) is 4.98 Å². The van der Waals surface area contributed by atoms with Gasteiger partial charge in [0.2, 0.25) is 5.89 Å². The third-order valence-electron chi connectivity index (χ3n) is 3.66. The second kappa shape index (κ2) is 5.68. The van der Waals surface area contributed by atoms with E-state index in [1.165, 1.54) is 11.3 Å². The molecule has 0 aliphatic carbocycles. The Labute approximate surface area is 130 Å². The summed E-state index contributed by atoms with van der Waals surface area (Å²) in [4.78, 5) is 6.62. The van der Waals surface area contributed by atoms with Gasteiger partial charge in [-0.15, -0.1) is 0 Å². The Balaban J connectivity index is 1.87. The van der Waals surface area contributed by atoms with Gasteiger partial charge in [0.15, 0.2) is 5.58 Å². The number of aromatic nitrogens is 1. The average molecular weight is 292 g/mol. The number of hydrogen-bond donors (Lipinski definition) is 0. The number of anilines is 1. The second-order valence-electron chi connectivity index (χ2n) is 5.80. The van der Waals surface area contributed by atoms with Gasteiger partial charge < -0.3 is 9.32 Å². The molecule has 2 aromatic carbocycles. The summed E-state index contributed by atoms with van der Waals surface area (Å²) in [6, 6.07) is 12.5. The van der Waals surface area contributed by atoms with Gasteiger partial charge in [-0.2, -0.15) is 0 Å². The van der Waals surface area contributed by atoms with Crippen molar-refractivity contribution < 1.29 is 4.42 Å². The molecule has 0 aliphatic heterocycles. The quantitative estimate of drug-likeness (QED) is 0.702. The number of oxazole rings is 1. The Morgan fingerprint density at radius 1 is 1.00 bits per heavy atom. The largest absolute Gasteiger partial charge is 0.436 e. The van der Waals surface area contributed by atoms with Crippen molar-refractivity contribution in [3.05, 3.63) is 59.0 Å². The topological polar surface area (TPSA) is 29.3 Å². The highest BCUT2D eigenvalue weighted by atomic mass is 16.3. The minimum Gasteiger partial charge on any atom is -0.436 e. The zero-order valence-electron chi connectivity index (χ0n) is 13.4. The molecule has 3 heteroatoms. The van der Waals surface area contributed by atoms with Crippen LogP contribution in [0.5, 0.6) is 0 Å². The smallest absolute Gasteiger partial charge is 0.220 e. The van der Waals surface area contributed by atoms with Gasteiger partial charge >= 0.3 is 0 Å². The predicted octanol–water partition coefficient (Wildman–Crippen LogP) is 4.68. The van der Waals surface area contributed by atoms with E-state index in [1.807, 2.05) is 33.2 Å². The highest BCUT2D eigenvalue weighted by molar-refractivity contribution is 5.79. The first-order valence-electron chi connectivity index (χ1n) is 7.36. The van der Waals surface area contributed by atoms with Crippen molar-refractivity contribution in [3.63, 3.8) is 0 Å². The number of rotatable bonds is 3. The molecule has 1 aromatic heterocycles. The van der Waals surface area contributed by atoms with Crippen LogP contribution < -0.4 is 4.90 Å². The average Bonchev–Trinajstić information content (AvgIpc) is 2.89. The first-order valence-corrected chi connectivity index (χ1v) is 7.36. The highest BCUT2D eigenvalue weighted by Gasteiger charge is 2.06. The van der Waals surface area contributed by atoms with Gasteiger partial charge in [0, 0.05) is 25.9 Å². The van der Waals surface area contributed by atoms with Crippen molar-refractivity contribution in [2.45, 2.75) is 13.8 Å². The molecule has 22 heavy (non-hydrogen) atoms. The third kappa shape index (κ3) is 2.89. The van der Waals surface area contributed by atoms with Crippen LogP contribution in [-0.2, 0) is 0 Å². The van der Waals surface area contributed by atoms with Crippen LogP contribution in [0.2, 0.25) is 0 Å². The summed E-state index contributed by atoms with van der Waals surface area (Å²) in [7, 11) is 4.07. The van der Waals surface area contributed by atoms with Crippen molar-refractivity contribution in [3.8, 4) is 0 Å². The van der Waals surface area contributed by atoms with Crippen molar-refractivity contribution in [1.29, 1.82) is 0 Å². The molecule has 3 nitrogen and oxygen atoms in total. The van der Waals surface area contributed by atoms with Gasteiger partial charge in [-0.3, -0.25) is 0 Å². The van der Waals surface area contributed by atoms with Crippen LogP contribution in [0.25, 0.3) is 23.3 Å². The summed E-state index contributed by atoms with van der Waals surface area (Å²) in [5.74, 6) is 0.639. The number of nitrogens with zero attached hydrogens (tertiary/aromatic N) is 2. The molecule has 0 N–H and O–H groups in total. The molecular formula is C19H20N2O. The van der Waals surface area contributed by atoms with Gasteiger partial charge in [-0.1, -0.05) is 18.2 Å². The molecular weight excluding hydrogens is 272 g/mol. The van der Waals surface area contributed by atoms with Crippen LogP contribution in [-0.4, -0.2) is 19.1 Å². The van der Waals surface area contributed by atoms with E-state index >= 15 is 0 Å². The molecule has 0 unspecified atom stereocenters. The standard InChI is InChI=1S/C19H20N2O/c1-13-11-14(2)19-17(12-13)20-18(22-19)10-7-15-5-8-16(9-6-15)21(3)4/h5-12H,1-4H3. The lowest BCUT2D eigenvalue weighted by Crippen LogP contribution is -2.07. The summed E-state index contributed by atoms with van der Waals surface area (Å²) in [5, 5.41) is 0. The Bertz CT molecular complexity index is 827. The van der Waals surface area contributed by atoms with E-state index in [-0.39, 0.29) is 0 Å². The molecule has 3 aromatic rings. The van der Waals surface area contributed by atoms with E-state index in [9.17, 15) is 0 Å².